The van der Waals surface area contributed by atoms with Gasteiger partial charge in [-0.25, -0.2) is 24.9 Å². The Labute approximate surface area is 146 Å². The van der Waals surface area contributed by atoms with E-state index in [9.17, 15) is 0 Å². The minimum Gasteiger partial charge on any atom is -0.349 e. The summed E-state index contributed by atoms with van der Waals surface area (Å²) in [6.45, 7) is 2.98. The van der Waals surface area contributed by atoms with Crippen molar-refractivity contribution in [3.63, 3.8) is 0 Å². The molecule has 0 aliphatic carbocycles. The lowest BCUT2D eigenvalue weighted by molar-refractivity contribution is 0.709. The van der Waals surface area contributed by atoms with Crippen LogP contribution in [0.4, 0.5) is 17.6 Å². The molecule has 1 saturated heterocycles. The number of nitrogens with one attached hydrogen (secondary N) is 1. The van der Waals surface area contributed by atoms with Crippen molar-refractivity contribution in [3.8, 4) is 0 Å². The van der Waals surface area contributed by atoms with Crippen LogP contribution in [0.1, 0.15) is 30.1 Å². The van der Waals surface area contributed by atoms with Crippen LogP contribution >= 0.6 is 0 Å². The lowest BCUT2D eigenvalue weighted by Gasteiger charge is -2.26. The van der Waals surface area contributed by atoms with Crippen LogP contribution in [0, 0.1) is 6.92 Å². The van der Waals surface area contributed by atoms with E-state index >= 15 is 0 Å². The highest BCUT2D eigenvalue weighted by Crippen LogP contribution is 2.35. The first kappa shape index (κ1) is 15.4. The molecule has 4 heterocycles. The van der Waals surface area contributed by atoms with Crippen LogP contribution in [-0.2, 0) is 0 Å². The number of pyridine rings is 1. The molecule has 7 heteroatoms. The Bertz CT molecular complexity index is 853. The zero-order chi connectivity index (χ0) is 17.1. The van der Waals surface area contributed by atoms with Gasteiger partial charge < -0.3 is 10.2 Å². The van der Waals surface area contributed by atoms with E-state index in [1.807, 2.05) is 19.2 Å². The molecule has 1 N–H and O–H groups in total. The SMILES string of the molecule is Cc1cc(N2CCCC2c2ccnc(Nc3ncccn3)c2)ncn1. The number of anilines is 3. The van der Waals surface area contributed by atoms with Gasteiger partial charge in [0.1, 0.15) is 18.0 Å². The smallest absolute Gasteiger partial charge is 0.228 e. The number of hydrogen-bond acceptors (Lipinski definition) is 7. The van der Waals surface area contributed by atoms with E-state index in [0.29, 0.717) is 5.95 Å². The Morgan fingerprint density at radius 1 is 1.04 bits per heavy atom. The highest BCUT2D eigenvalue weighted by molar-refractivity contribution is 5.51. The van der Waals surface area contributed by atoms with Crippen LogP contribution < -0.4 is 10.2 Å². The van der Waals surface area contributed by atoms with Crippen molar-refractivity contribution >= 4 is 17.6 Å². The molecule has 3 aromatic rings. The molecular formula is C18H19N7. The standard InChI is InChI=1S/C18H19N7/c1-13-10-17(23-12-22-13)25-9-2-4-15(25)14-5-8-19-16(11-14)24-18-20-6-3-7-21-18/h3,5-8,10-12,15H,2,4,9H2,1H3,(H,19,20,21,24). The number of nitrogens with zero attached hydrogens (tertiary/aromatic N) is 6. The van der Waals surface area contributed by atoms with Gasteiger partial charge in [0, 0.05) is 36.9 Å². The number of hydrogen-bond donors (Lipinski definition) is 1. The molecule has 25 heavy (non-hydrogen) atoms. The molecule has 0 bridgehead atoms. The number of rotatable bonds is 4. The predicted molar refractivity (Wildman–Crippen MR) is 95.6 cm³/mol. The maximum Gasteiger partial charge on any atom is 0.228 e. The lowest BCUT2D eigenvalue weighted by atomic mass is 10.1. The normalized spacial score (nSPS) is 16.8. The molecule has 1 aliphatic heterocycles. The summed E-state index contributed by atoms with van der Waals surface area (Å²) < 4.78 is 0. The number of aromatic nitrogens is 5. The van der Waals surface area contributed by atoms with E-state index in [-0.39, 0.29) is 6.04 Å². The Balaban J connectivity index is 1.59. The Morgan fingerprint density at radius 3 is 2.76 bits per heavy atom. The second-order valence-corrected chi connectivity index (χ2v) is 6.04. The van der Waals surface area contributed by atoms with Crippen molar-refractivity contribution in [3.05, 3.63) is 60.4 Å². The maximum atomic E-state index is 4.45. The molecule has 0 saturated carbocycles. The van der Waals surface area contributed by atoms with Crippen molar-refractivity contribution in [2.24, 2.45) is 0 Å². The van der Waals surface area contributed by atoms with Gasteiger partial charge in [0.15, 0.2) is 0 Å². The van der Waals surface area contributed by atoms with E-state index in [4.69, 9.17) is 0 Å². The largest absolute Gasteiger partial charge is 0.349 e. The quantitative estimate of drug-likeness (QED) is 0.786. The fourth-order valence-corrected chi connectivity index (χ4v) is 3.19. The van der Waals surface area contributed by atoms with Crippen molar-refractivity contribution in [2.75, 3.05) is 16.8 Å². The van der Waals surface area contributed by atoms with Gasteiger partial charge in [-0.2, -0.15) is 0 Å². The average molecular weight is 333 g/mol. The second kappa shape index (κ2) is 6.80. The third-order valence-electron chi connectivity index (χ3n) is 4.31. The summed E-state index contributed by atoms with van der Waals surface area (Å²) >= 11 is 0. The molecule has 1 atom stereocenters. The van der Waals surface area contributed by atoms with Crippen molar-refractivity contribution in [2.45, 2.75) is 25.8 Å². The van der Waals surface area contributed by atoms with Crippen molar-refractivity contribution < 1.29 is 0 Å². The molecule has 7 nitrogen and oxygen atoms in total. The van der Waals surface area contributed by atoms with Crippen molar-refractivity contribution in [1.29, 1.82) is 0 Å². The van der Waals surface area contributed by atoms with Gasteiger partial charge in [-0.05, 0) is 43.5 Å². The van der Waals surface area contributed by atoms with Crippen LogP contribution in [0.5, 0.6) is 0 Å². The minimum absolute atomic E-state index is 0.287. The van der Waals surface area contributed by atoms with Crippen LogP contribution in [0.15, 0.2) is 49.2 Å². The van der Waals surface area contributed by atoms with Crippen LogP contribution in [0.25, 0.3) is 0 Å². The predicted octanol–water partition coefficient (Wildman–Crippen LogP) is 3.06. The molecule has 0 amide bonds. The van der Waals surface area contributed by atoms with E-state index in [0.717, 1.165) is 36.7 Å². The van der Waals surface area contributed by atoms with Gasteiger partial charge in [0.2, 0.25) is 5.95 Å². The van der Waals surface area contributed by atoms with Crippen LogP contribution in [0.3, 0.4) is 0 Å². The zero-order valence-electron chi connectivity index (χ0n) is 14.0. The molecule has 0 aromatic carbocycles. The van der Waals surface area contributed by atoms with E-state index < -0.39 is 0 Å². The minimum atomic E-state index is 0.287. The molecule has 0 radical (unpaired) electrons. The van der Waals surface area contributed by atoms with Gasteiger partial charge in [-0.1, -0.05) is 0 Å². The third-order valence-corrected chi connectivity index (χ3v) is 4.31. The molecule has 3 aromatic heterocycles. The van der Waals surface area contributed by atoms with E-state index in [2.05, 4.69) is 47.3 Å². The summed E-state index contributed by atoms with van der Waals surface area (Å²) in [5.74, 6) is 2.27. The summed E-state index contributed by atoms with van der Waals surface area (Å²) in [4.78, 5) is 23.7. The van der Waals surface area contributed by atoms with Gasteiger partial charge in [0.25, 0.3) is 0 Å². The third kappa shape index (κ3) is 3.40. The van der Waals surface area contributed by atoms with Gasteiger partial charge in [-0.15, -0.1) is 0 Å². The Kier molecular flexibility index (Phi) is 4.20. The Morgan fingerprint density at radius 2 is 1.92 bits per heavy atom. The summed E-state index contributed by atoms with van der Waals surface area (Å²) in [5.41, 5.74) is 2.19. The highest BCUT2D eigenvalue weighted by atomic mass is 15.2. The summed E-state index contributed by atoms with van der Waals surface area (Å²) in [5, 5.41) is 3.15. The topological polar surface area (TPSA) is 79.7 Å². The zero-order valence-corrected chi connectivity index (χ0v) is 14.0. The fourth-order valence-electron chi connectivity index (χ4n) is 3.19. The summed E-state index contributed by atoms with van der Waals surface area (Å²) in [7, 11) is 0. The fraction of sp³-hybridized carbons (Fsp3) is 0.278. The number of aryl methyl sites for hydroxylation is 1. The first-order valence-electron chi connectivity index (χ1n) is 8.35. The highest BCUT2D eigenvalue weighted by Gasteiger charge is 2.27. The second-order valence-electron chi connectivity index (χ2n) is 6.04. The van der Waals surface area contributed by atoms with Gasteiger partial charge in [0.05, 0.1) is 6.04 Å². The van der Waals surface area contributed by atoms with Gasteiger partial charge >= 0.3 is 0 Å². The first-order chi connectivity index (χ1) is 12.3. The lowest BCUT2D eigenvalue weighted by Crippen LogP contribution is -2.23. The van der Waals surface area contributed by atoms with E-state index in [1.165, 1.54) is 5.56 Å². The first-order valence-corrected chi connectivity index (χ1v) is 8.35. The summed E-state index contributed by atoms with van der Waals surface area (Å²) in [6.07, 6.45) is 9.09. The maximum absolute atomic E-state index is 4.45. The molecule has 1 fully saturated rings. The molecular weight excluding hydrogens is 314 g/mol. The average Bonchev–Trinajstić information content (AvgIpc) is 3.13. The van der Waals surface area contributed by atoms with Crippen LogP contribution in [0.2, 0.25) is 0 Å². The molecule has 0 spiro atoms. The summed E-state index contributed by atoms with van der Waals surface area (Å²) in [6, 6.07) is 8.24. The van der Waals surface area contributed by atoms with Crippen LogP contribution in [-0.4, -0.2) is 31.5 Å². The van der Waals surface area contributed by atoms with E-state index in [1.54, 1.807) is 24.8 Å². The molecule has 1 unspecified atom stereocenters. The van der Waals surface area contributed by atoms with Gasteiger partial charge in [-0.3, -0.25) is 0 Å². The molecule has 126 valence electrons. The molecule has 4 rings (SSSR count). The Hall–Kier alpha value is -3.09. The van der Waals surface area contributed by atoms with Crippen molar-refractivity contribution in [1.82, 2.24) is 24.9 Å². The monoisotopic (exact) mass is 333 g/mol. The molecule has 1 aliphatic rings.